The first-order valence-corrected chi connectivity index (χ1v) is 8.69. The molecule has 26 heavy (non-hydrogen) atoms. The number of hydrogen-bond acceptors (Lipinski definition) is 9. The van der Waals surface area contributed by atoms with Crippen LogP contribution in [0.2, 0.25) is 0 Å². The van der Waals surface area contributed by atoms with Gasteiger partial charge in [-0.15, -0.1) is 0 Å². The molecule has 1 fully saturated rings. The summed E-state index contributed by atoms with van der Waals surface area (Å²) in [6.07, 6.45) is 1.14. The fourth-order valence-corrected chi connectivity index (χ4v) is 3.13. The Morgan fingerprint density at radius 2 is 2.00 bits per heavy atom. The van der Waals surface area contributed by atoms with Gasteiger partial charge in [-0.3, -0.25) is 13.5 Å². The number of aliphatic hydroxyl groups excluding tert-OH is 2. The number of aliphatic hydroxyl groups is 2. The Bertz CT molecular complexity index is 973. The van der Waals surface area contributed by atoms with Crippen molar-refractivity contribution >= 4 is 24.6 Å². The third-order valence-electron chi connectivity index (χ3n) is 3.97. The van der Waals surface area contributed by atoms with Gasteiger partial charge < -0.3 is 29.3 Å². The summed E-state index contributed by atoms with van der Waals surface area (Å²) in [5.74, 6) is 0. The van der Waals surface area contributed by atoms with Crippen molar-refractivity contribution in [1.29, 1.82) is 0 Å². The van der Waals surface area contributed by atoms with Crippen LogP contribution in [0.4, 0.5) is 0 Å². The van der Waals surface area contributed by atoms with E-state index in [1.54, 1.807) is 16.8 Å². The average Bonchev–Trinajstić information content (AvgIpc) is 3.23. The SMILES string of the molecule is O=P([O-])(O)OC[C@H]1O[C@@H](n2cnc3c2ncn2ccnc32)[C@H](O)[C@@H]1O.[Na+]. The Morgan fingerprint density at radius 3 is 2.73 bits per heavy atom. The Labute approximate surface area is 167 Å². The van der Waals surface area contributed by atoms with E-state index in [0.29, 0.717) is 16.8 Å². The minimum atomic E-state index is -4.97. The van der Waals surface area contributed by atoms with Gasteiger partial charge in [-0.25, -0.2) is 15.0 Å². The van der Waals surface area contributed by atoms with Gasteiger partial charge in [-0.2, -0.15) is 0 Å². The van der Waals surface area contributed by atoms with Crippen LogP contribution in [0.25, 0.3) is 16.8 Å². The van der Waals surface area contributed by atoms with E-state index < -0.39 is 39.0 Å². The summed E-state index contributed by atoms with van der Waals surface area (Å²) in [5.41, 5.74) is 1.40. The quantitative estimate of drug-likeness (QED) is 0.289. The molecule has 1 aliphatic rings. The normalized spacial score (nSPS) is 28.3. The monoisotopic (exact) mass is 393 g/mol. The molecule has 0 aliphatic carbocycles. The Kier molecular flexibility index (Phi) is 5.53. The molecular weight excluding hydrogens is 380 g/mol. The van der Waals surface area contributed by atoms with Gasteiger partial charge in [0.05, 0.1) is 12.9 Å². The van der Waals surface area contributed by atoms with Crippen molar-refractivity contribution in [1.82, 2.24) is 23.9 Å². The second-order valence-electron chi connectivity index (χ2n) is 5.54. The number of fused-ring (bicyclic) bond motifs is 3. The van der Waals surface area contributed by atoms with E-state index in [-0.39, 0.29) is 29.6 Å². The van der Waals surface area contributed by atoms with Gasteiger partial charge in [0.25, 0.3) is 7.82 Å². The summed E-state index contributed by atoms with van der Waals surface area (Å²) in [4.78, 5) is 32.0. The maximum Gasteiger partial charge on any atom is 1.00 e. The molecule has 3 aromatic rings. The van der Waals surface area contributed by atoms with Crippen LogP contribution in [-0.4, -0.2) is 63.9 Å². The number of hydrogen-bond donors (Lipinski definition) is 3. The number of rotatable bonds is 4. The van der Waals surface area contributed by atoms with Crippen molar-refractivity contribution in [3.05, 3.63) is 25.0 Å². The van der Waals surface area contributed by atoms with Crippen LogP contribution in [0.15, 0.2) is 25.0 Å². The van der Waals surface area contributed by atoms with Crippen LogP contribution in [0.5, 0.6) is 0 Å². The van der Waals surface area contributed by atoms with E-state index in [1.165, 1.54) is 17.2 Å². The van der Waals surface area contributed by atoms with Crippen molar-refractivity contribution in [2.24, 2.45) is 0 Å². The number of phosphoric acid groups is 1. The molecule has 3 aromatic heterocycles. The second kappa shape index (κ2) is 7.24. The first-order valence-electron chi connectivity index (χ1n) is 7.19. The number of imidazole rings is 2. The summed E-state index contributed by atoms with van der Waals surface area (Å²) in [5, 5.41) is 20.3. The standard InChI is InChI=1S/C12H14N5O7P.Na/c18-8-6(3-23-25(20,21)22)24-12(9(8)19)17-5-14-7-10-13-1-2-16(10)4-15-11(7)17;/h1-2,4-6,8-9,12,18-19H,3H2,(H2,20,21,22);/q;+1/p-1/t6-,8-,9-,12-;/m1./s1. The van der Waals surface area contributed by atoms with Gasteiger partial charge >= 0.3 is 29.6 Å². The molecule has 1 aliphatic heterocycles. The first kappa shape index (κ1) is 19.8. The maximum absolute atomic E-state index is 10.7. The van der Waals surface area contributed by atoms with Gasteiger partial charge in [0.1, 0.15) is 24.6 Å². The Balaban J connectivity index is 0.00000196. The zero-order valence-electron chi connectivity index (χ0n) is 13.5. The molecule has 0 aromatic carbocycles. The third-order valence-corrected chi connectivity index (χ3v) is 4.44. The van der Waals surface area contributed by atoms with Gasteiger partial charge in [0, 0.05) is 12.4 Å². The summed E-state index contributed by atoms with van der Waals surface area (Å²) < 4.78 is 23.5. The van der Waals surface area contributed by atoms with Crippen LogP contribution < -0.4 is 34.5 Å². The van der Waals surface area contributed by atoms with Crippen LogP contribution in [0, 0.1) is 0 Å². The molecule has 12 nitrogen and oxygen atoms in total. The number of nitrogens with zero attached hydrogens (tertiary/aromatic N) is 5. The van der Waals surface area contributed by atoms with Crippen LogP contribution in [0.3, 0.4) is 0 Å². The fraction of sp³-hybridized carbons (Fsp3) is 0.417. The first-order chi connectivity index (χ1) is 11.8. The van der Waals surface area contributed by atoms with Crippen molar-refractivity contribution in [2.75, 3.05) is 6.61 Å². The molecule has 4 rings (SSSR count). The summed E-state index contributed by atoms with van der Waals surface area (Å²) >= 11 is 0. The largest absolute Gasteiger partial charge is 1.00 e. The molecule has 134 valence electrons. The zero-order chi connectivity index (χ0) is 17.8. The van der Waals surface area contributed by atoms with Crippen LogP contribution in [-0.2, 0) is 13.8 Å². The van der Waals surface area contributed by atoms with Gasteiger partial charge in [0.15, 0.2) is 23.0 Å². The molecule has 0 saturated carbocycles. The van der Waals surface area contributed by atoms with Crippen molar-refractivity contribution in [3.8, 4) is 0 Å². The molecule has 0 amide bonds. The molecule has 4 heterocycles. The molecule has 5 atom stereocenters. The minimum Gasteiger partial charge on any atom is -0.756 e. The van der Waals surface area contributed by atoms with Crippen molar-refractivity contribution in [3.63, 3.8) is 0 Å². The molecule has 3 N–H and O–H groups in total. The predicted molar refractivity (Wildman–Crippen MR) is 78.0 cm³/mol. The second-order valence-corrected chi connectivity index (χ2v) is 6.73. The predicted octanol–water partition coefficient (Wildman–Crippen LogP) is -4.82. The van der Waals surface area contributed by atoms with Gasteiger partial charge in [-0.1, -0.05) is 0 Å². The van der Waals surface area contributed by atoms with E-state index in [4.69, 9.17) is 9.63 Å². The minimum absolute atomic E-state index is 0. The summed E-state index contributed by atoms with van der Waals surface area (Å²) in [7, 11) is -4.97. The zero-order valence-corrected chi connectivity index (χ0v) is 16.4. The van der Waals surface area contributed by atoms with E-state index in [1.807, 2.05) is 0 Å². The summed E-state index contributed by atoms with van der Waals surface area (Å²) in [6.45, 7) is -0.642. The Morgan fingerprint density at radius 1 is 1.23 bits per heavy atom. The average molecular weight is 393 g/mol. The molecule has 0 radical (unpaired) electrons. The maximum atomic E-state index is 10.7. The van der Waals surface area contributed by atoms with Gasteiger partial charge in [0.2, 0.25) is 0 Å². The van der Waals surface area contributed by atoms with Crippen LogP contribution in [0.1, 0.15) is 6.23 Å². The van der Waals surface area contributed by atoms with Crippen molar-refractivity contribution in [2.45, 2.75) is 24.5 Å². The molecular formula is C12H13N5NaO7P. The molecule has 0 bridgehead atoms. The van der Waals surface area contributed by atoms with E-state index >= 15 is 0 Å². The number of ether oxygens (including phenoxy) is 1. The van der Waals surface area contributed by atoms with E-state index in [2.05, 4.69) is 19.5 Å². The molecule has 1 unspecified atom stereocenters. The number of phosphoric ester groups is 1. The molecule has 14 heteroatoms. The van der Waals surface area contributed by atoms with Crippen molar-refractivity contribution < 1.29 is 63.4 Å². The van der Waals surface area contributed by atoms with E-state index in [0.717, 1.165) is 0 Å². The summed E-state index contributed by atoms with van der Waals surface area (Å²) in [6, 6.07) is 0. The molecule has 1 saturated heterocycles. The van der Waals surface area contributed by atoms with Gasteiger partial charge in [-0.05, 0) is 0 Å². The Hall–Kier alpha value is -0.920. The topological polar surface area (TPSA) is 167 Å². The van der Waals surface area contributed by atoms with Crippen LogP contribution >= 0.6 is 7.82 Å². The number of aromatic nitrogens is 5. The third kappa shape index (κ3) is 3.45. The fourth-order valence-electron chi connectivity index (χ4n) is 2.80. The smallest absolute Gasteiger partial charge is 0.756 e. The molecule has 0 spiro atoms. The van der Waals surface area contributed by atoms with E-state index in [9.17, 15) is 19.7 Å².